The number of oxime groups is 1. The van der Waals surface area contributed by atoms with E-state index in [1.54, 1.807) is 0 Å². The van der Waals surface area contributed by atoms with Crippen molar-refractivity contribution in [3.63, 3.8) is 0 Å². The second-order valence-electron chi connectivity index (χ2n) is 2.43. The van der Waals surface area contributed by atoms with Crippen LogP contribution in [-0.4, -0.2) is 11.6 Å². The largest absolute Gasteiger partial charge is 0.391 e. The van der Waals surface area contributed by atoms with E-state index in [2.05, 4.69) is 16.7 Å². The molecule has 14 heavy (non-hydrogen) atoms. The molecular formula is C8H7ClN2O3. The molecule has 0 saturated carbocycles. The van der Waals surface area contributed by atoms with Gasteiger partial charge in [0.15, 0.2) is 0 Å². The van der Waals surface area contributed by atoms with E-state index in [0.717, 1.165) is 0 Å². The van der Waals surface area contributed by atoms with Gasteiger partial charge in [-0.1, -0.05) is 11.6 Å². The van der Waals surface area contributed by atoms with Crippen LogP contribution < -0.4 is 0 Å². The van der Waals surface area contributed by atoms with Crippen molar-refractivity contribution in [2.45, 2.75) is 6.61 Å². The molecule has 0 aliphatic rings. The Morgan fingerprint density at radius 1 is 1.64 bits per heavy atom. The normalized spacial score (nSPS) is 9.50. The quantitative estimate of drug-likeness (QED) is 0.439. The molecule has 0 amide bonds. The SMILES string of the molecule is C=NOCc1cc(Cl)ccc1[N+](=O)[O-]. The summed E-state index contributed by atoms with van der Waals surface area (Å²) in [5, 5.41) is 14.1. The van der Waals surface area contributed by atoms with Gasteiger partial charge in [0.2, 0.25) is 0 Å². The van der Waals surface area contributed by atoms with Gasteiger partial charge in [0.25, 0.3) is 5.69 Å². The molecule has 0 radical (unpaired) electrons. The molecule has 74 valence electrons. The summed E-state index contributed by atoms with van der Waals surface area (Å²) in [6.45, 7) is 3.08. The maximum atomic E-state index is 10.6. The van der Waals surface area contributed by atoms with Gasteiger partial charge in [0.05, 0.1) is 10.5 Å². The summed E-state index contributed by atoms with van der Waals surface area (Å²) in [6.07, 6.45) is 0. The van der Waals surface area contributed by atoms with E-state index in [-0.39, 0.29) is 12.3 Å². The molecule has 0 aliphatic carbocycles. The zero-order valence-electron chi connectivity index (χ0n) is 7.14. The topological polar surface area (TPSA) is 64.7 Å². The summed E-state index contributed by atoms with van der Waals surface area (Å²) in [6, 6.07) is 4.24. The minimum absolute atomic E-state index is 0.0135. The molecule has 0 unspecified atom stereocenters. The van der Waals surface area contributed by atoms with Gasteiger partial charge in [0.1, 0.15) is 6.61 Å². The molecule has 0 saturated heterocycles. The molecule has 0 aromatic heterocycles. The molecule has 0 aliphatic heterocycles. The van der Waals surface area contributed by atoms with Crippen molar-refractivity contribution < 1.29 is 9.76 Å². The maximum Gasteiger partial charge on any atom is 0.276 e. The Morgan fingerprint density at radius 3 is 2.93 bits per heavy atom. The fourth-order valence-corrected chi connectivity index (χ4v) is 1.16. The molecule has 0 heterocycles. The zero-order chi connectivity index (χ0) is 10.6. The van der Waals surface area contributed by atoms with Crippen LogP contribution in [0.5, 0.6) is 0 Å². The van der Waals surface area contributed by atoms with Crippen LogP contribution in [0.3, 0.4) is 0 Å². The van der Waals surface area contributed by atoms with Gasteiger partial charge in [-0.2, -0.15) is 0 Å². The van der Waals surface area contributed by atoms with Gasteiger partial charge in [-0.3, -0.25) is 10.1 Å². The lowest BCUT2D eigenvalue weighted by Gasteiger charge is -2.01. The van der Waals surface area contributed by atoms with E-state index in [0.29, 0.717) is 10.6 Å². The summed E-state index contributed by atoms with van der Waals surface area (Å²) in [5.41, 5.74) is 0.327. The summed E-state index contributed by atoms with van der Waals surface area (Å²) in [5.74, 6) is 0. The van der Waals surface area contributed by atoms with Crippen LogP contribution in [0, 0.1) is 10.1 Å². The van der Waals surface area contributed by atoms with E-state index in [4.69, 9.17) is 11.6 Å². The highest BCUT2D eigenvalue weighted by Gasteiger charge is 2.13. The fourth-order valence-electron chi connectivity index (χ4n) is 0.963. The Balaban J connectivity index is 3.02. The standard InChI is InChI=1S/C8H7ClN2O3/c1-10-14-5-6-4-7(9)2-3-8(6)11(12)13/h2-4H,1,5H2. The molecule has 1 rings (SSSR count). The minimum atomic E-state index is -0.502. The van der Waals surface area contributed by atoms with Crippen LogP contribution in [0.2, 0.25) is 5.02 Å². The summed E-state index contributed by atoms with van der Waals surface area (Å²) in [4.78, 5) is 14.7. The van der Waals surface area contributed by atoms with Crippen LogP contribution >= 0.6 is 11.6 Å². The summed E-state index contributed by atoms with van der Waals surface area (Å²) < 4.78 is 0. The van der Waals surface area contributed by atoms with Crippen molar-refractivity contribution >= 4 is 24.0 Å². The van der Waals surface area contributed by atoms with Gasteiger partial charge in [-0.05, 0) is 12.1 Å². The third kappa shape index (κ3) is 2.43. The molecule has 0 bridgehead atoms. The first kappa shape index (κ1) is 10.5. The van der Waals surface area contributed by atoms with Crippen LogP contribution in [0.4, 0.5) is 5.69 Å². The minimum Gasteiger partial charge on any atom is -0.391 e. The Hall–Kier alpha value is -1.62. The number of rotatable bonds is 4. The average molecular weight is 215 g/mol. The Morgan fingerprint density at radius 2 is 2.36 bits per heavy atom. The number of hydrogen-bond acceptors (Lipinski definition) is 4. The highest BCUT2D eigenvalue weighted by molar-refractivity contribution is 6.30. The number of benzene rings is 1. The van der Waals surface area contributed by atoms with Crippen molar-refractivity contribution in [1.29, 1.82) is 0 Å². The van der Waals surface area contributed by atoms with Crippen molar-refractivity contribution in [2.75, 3.05) is 0 Å². The van der Waals surface area contributed by atoms with Crippen molar-refractivity contribution in [1.82, 2.24) is 0 Å². The lowest BCUT2D eigenvalue weighted by atomic mass is 10.2. The third-order valence-electron chi connectivity index (χ3n) is 1.55. The highest BCUT2D eigenvalue weighted by Crippen LogP contribution is 2.23. The number of halogens is 1. The first-order valence-corrected chi connectivity index (χ1v) is 4.03. The smallest absolute Gasteiger partial charge is 0.276 e. The number of nitrogens with zero attached hydrogens (tertiary/aromatic N) is 2. The average Bonchev–Trinajstić information content (AvgIpc) is 2.14. The predicted octanol–water partition coefficient (Wildman–Crippen LogP) is 2.38. The molecule has 6 heteroatoms. The summed E-state index contributed by atoms with van der Waals surface area (Å²) in [7, 11) is 0. The number of hydrogen-bond donors (Lipinski definition) is 0. The van der Waals surface area contributed by atoms with Gasteiger partial charge in [-0.25, -0.2) is 0 Å². The molecule has 0 N–H and O–H groups in total. The molecular weight excluding hydrogens is 208 g/mol. The number of nitro benzene ring substituents is 1. The molecule has 0 fully saturated rings. The van der Waals surface area contributed by atoms with Gasteiger partial charge in [0, 0.05) is 17.8 Å². The Labute approximate surface area is 85.1 Å². The van der Waals surface area contributed by atoms with E-state index < -0.39 is 4.92 Å². The lowest BCUT2D eigenvalue weighted by Crippen LogP contribution is -1.96. The van der Waals surface area contributed by atoms with Crippen LogP contribution in [0.15, 0.2) is 23.4 Å². The maximum absolute atomic E-state index is 10.6. The molecule has 5 nitrogen and oxygen atoms in total. The first-order chi connectivity index (χ1) is 6.65. The van der Waals surface area contributed by atoms with Crippen LogP contribution in [0.25, 0.3) is 0 Å². The van der Waals surface area contributed by atoms with Crippen molar-refractivity contribution in [3.05, 3.63) is 38.9 Å². The second kappa shape index (κ2) is 4.57. The molecule has 0 atom stereocenters. The fraction of sp³-hybridized carbons (Fsp3) is 0.125. The van der Waals surface area contributed by atoms with E-state index in [9.17, 15) is 10.1 Å². The second-order valence-corrected chi connectivity index (χ2v) is 2.87. The molecule has 1 aromatic rings. The van der Waals surface area contributed by atoms with Gasteiger partial charge < -0.3 is 4.84 Å². The monoisotopic (exact) mass is 214 g/mol. The Bertz CT molecular complexity index is 368. The lowest BCUT2D eigenvalue weighted by molar-refractivity contribution is -0.385. The molecule has 0 spiro atoms. The van der Waals surface area contributed by atoms with Crippen molar-refractivity contribution in [3.8, 4) is 0 Å². The number of nitro groups is 1. The van der Waals surface area contributed by atoms with Gasteiger partial charge >= 0.3 is 0 Å². The first-order valence-electron chi connectivity index (χ1n) is 3.66. The van der Waals surface area contributed by atoms with Crippen molar-refractivity contribution in [2.24, 2.45) is 5.16 Å². The zero-order valence-corrected chi connectivity index (χ0v) is 7.90. The molecule has 1 aromatic carbocycles. The predicted molar refractivity (Wildman–Crippen MR) is 52.4 cm³/mol. The highest BCUT2D eigenvalue weighted by atomic mass is 35.5. The van der Waals surface area contributed by atoms with E-state index in [1.165, 1.54) is 18.2 Å². The Kier molecular flexibility index (Phi) is 3.41. The third-order valence-corrected chi connectivity index (χ3v) is 1.78. The van der Waals surface area contributed by atoms with Gasteiger partial charge in [-0.15, -0.1) is 5.16 Å². The van der Waals surface area contributed by atoms with E-state index >= 15 is 0 Å². The van der Waals surface area contributed by atoms with Crippen LogP contribution in [-0.2, 0) is 11.4 Å². The van der Waals surface area contributed by atoms with E-state index in [1.807, 2.05) is 0 Å². The summed E-state index contributed by atoms with van der Waals surface area (Å²) >= 11 is 5.68. The van der Waals surface area contributed by atoms with Crippen LogP contribution in [0.1, 0.15) is 5.56 Å².